The summed E-state index contributed by atoms with van der Waals surface area (Å²) in [7, 11) is 1.28. The van der Waals surface area contributed by atoms with Gasteiger partial charge in [-0.2, -0.15) is 9.50 Å². The first-order valence-corrected chi connectivity index (χ1v) is 5.04. The molecule has 7 nitrogen and oxygen atoms in total. The molecular formula is C10H12N4O3. The monoisotopic (exact) mass is 236 g/mol. The van der Waals surface area contributed by atoms with Crippen LogP contribution in [-0.4, -0.2) is 32.7 Å². The molecule has 2 aromatic rings. The predicted molar refractivity (Wildman–Crippen MR) is 58.8 cm³/mol. The summed E-state index contributed by atoms with van der Waals surface area (Å²) in [5.41, 5.74) is 0.489. The normalized spacial score (nSPS) is 10.8. The molecule has 17 heavy (non-hydrogen) atoms. The molecule has 7 heteroatoms. The zero-order chi connectivity index (χ0) is 12.6. The van der Waals surface area contributed by atoms with Gasteiger partial charge in [0.2, 0.25) is 0 Å². The summed E-state index contributed by atoms with van der Waals surface area (Å²) in [6.45, 7) is 3.40. The van der Waals surface area contributed by atoms with Gasteiger partial charge >= 0.3 is 5.97 Å². The van der Waals surface area contributed by atoms with Crippen molar-refractivity contribution < 1.29 is 9.53 Å². The van der Waals surface area contributed by atoms with E-state index in [2.05, 4.69) is 19.8 Å². The summed E-state index contributed by atoms with van der Waals surface area (Å²) in [5, 5.41) is 2.76. The number of nitrogens with one attached hydrogen (secondary N) is 1. The van der Waals surface area contributed by atoms with E-state index in [0.717, 1.165) is 0 Å². The van der Waals surface area contributed by atoms with Gasteiger partial charge in [0.15, 0.2) is 0 Å². The molecule has 0 aliphatic rings. The van der Waals surface area contributed by atoms with Crippen molar-refractivity contribution in [2.75, 3.05) is 7.11 Å². The van der Waals surface area contributed by atoms with E-state index in [4.69, 9.17) is 0 Å². The maximum atomic E-state index is 12.1. The third-order valence-corrected chi connectivity index (χ3v) is 2.46. The second kappa shape index (κ2) is 4.00. The number of carbonyl (C=O) groups excluding carboxylic acids is 1. The Hall–Kier alpha value is -2.18. The number of aryl methyl sites for hydroxylation is 2. The number of fused-ring (bicyclic) bond motifs is 1. The summed E-state index contributed by atoms with van der Waals surface area (Å²) < 4.78 is 5.76. The summed E-state index contributed by atoms with van der Waals surface area (Å²) in [5.74, 6) is 0.422. The number of aromatic nitrogens is 4. The van der Waals surface area contributed by atoms with Gasteiger partial charge in [0, 0.05) is 0 Å². The van der Waals surface area contributed by atoms with E-state index in [9.17, 15) is 9.59 Å². The van der Waals surface area contributed by atoms with Gasteiger partial charge in [-0.05, 0) is 13.8 Å². The van der Waals surface area contributed by atoms with Crippen molar-refractivity contribution in [3.05, 3.63) is 27.4 Å². The third kappa shape index (κ3) is 1.91. The average molecular weight is 236 g/mol. The van der Waals surface area contributed by atoms with Crippen LogP contribution in [-0.2, 0) is 16.0 Å². The molecule has 2 heterocycles. The fraction of sp³-hybridized carbons (Fsp3) is 0.400. The maximum Gasteiger partial charge on any atom is 0.310 e. The van der Waals surface area contributed by atoms with Crippen LogP contribution in [0.1, 0.15) is 17.1 Å². The van der Waals surface area contributed by atoms with Crippen molar-refractivity contribution in [1.29, 1.82) is 0 Å². The van der Waals surface area contributed by atoms with Crippen LogP contribution in [0.15, 0.2) is 4.79 Å². The molecule has 0 unspecified atom stereocenters. The molecule has 0 saturated heterocycles. The number of methoxy groups -OCH3 is 1. The molecule has 0 spiro atoms. The lowest BCUT2D eigenvalue weighted by Gasteiger charge is -2.03. The molecule has 90 valence electrons. The Labute approximate surface area is 96.4 Å². The van der Waals surface area contributed by atoms with Crippen LogP contribution in [0.5, 0.6) is 0 Å². The molecule has 0 fully saturated rings. The SMILES string of the molecule is COC(=O)Cc1c(C)nc2nc(C)[nH]n2c1=O. The first kappa shape index (κ1) is 11.3. The van der Waals surface area contributed by atoms with Crippen LogP contribution in [0.4, 0.5) is 0 Å². The van der Waals surface area contributed by atoms with Crippen molar-refractivity contribution in [2.24, 2.45) is 0 Å². The Morgan fingerprint density at radius 3 is 2.76 bits per heavy atom. The smallest absolute Gasteiger partial charge is 0.310 e. The number of H-pyrrole nitrogens is 1. The fourth-order valence-corrected chi connectivity index (χ4v) is 1.58. The van der Waals surface area contributed by atoms with Crippen LogP contribution in [0, 0.1) is 13.8 Å². The number of rotatable bonds is 2. The molecule has 0 bridgehead atoms. The minimum atomic E-state index is -0.469. The number of aromatic amines is 1. The van der Waals surface area contributed by atoms with Gasteiger partial charge in [0.05, 0.1) is 24.8 Å². The zero-order valence-electron chi connectivity index (χ0n) is 9.77. The fourth-order valence-electron chi connectivity index (χ4n) is 1.58. The van der Waals surface area contributed by atoms with E-state index in [-0.39, 0.29) is 12.0 Å². The summed E-state index contributed by atoms with van der Waals surface area (Å²) in [4.78, 5) is 31.5. The lowest BCUT2D eigenvalue weighted by Crippen LogP contribution is -2.24. The van der Waals surface area contributed by atoms with Gasteiger partial charge in [-0.15, -0.1) is 0 Å². The molecule has 2 aromatic heterocycles. The zero-order valence-corrected chi connectivity index (χ0v) is 9.77. The molecule has 1 N–H and O–H groups in total. The highest BCUT2D eigenvalue weighted by atomic mass is 16.5. The maximum absolute atomic E-state index is 12.1. The first-order valence-electron chi connectivity index (χ1n) is 5.04. The quantitative estimate of drug-likeness (QED) is 0.726. The first-order chi connectivity index (χ1) is 8.02. The topological polar surface area (TPSA) is 89.3 Å². The lowest BCUT2D eigenvalue weighted by molar-refractivity contribution is -0.139. The van der Waals surface area contributed by atoms with Crippen LogP contribution >= 0.6 is 0 Å². The van der Waals surface area contributed by atoms with E-state index < -0.39 is 5.97 Å². The summed E-state index contributed by atoms with van der Waals surface area (Å²) in [6, 6.07) is 0. The van der Waals surface area contributed by atoms with Crippen LogP contribution in [0.2, 0.25) is 0 Å². The number of hydrogen-bond acceptors (Lipinski definition) is 5. The van der Waals surface area contributed by atoms with E-state index in [1.807, 2.05) is 0 Å². The highest BCUT2D eigenvalue weighted by Gasteiger charge is 2.15. The number of ether oxygens (including phenoxy) is 1. The Morgan fingerprint density at radius 2 is 2.12 bits per heavy atom. The van der Waals surface area contributed by atoms with E-state index in [0.29, 0.717) is 22.9 Å². The predicted octanol–water partition coefficient (Wildman–Crippen LogP) is -0.250. The van der Waals surface area contributed by atoms with Gasteiger partial charge in [0.1, 0.15) is 5.82 Å². The number of esters is 1. The van der Waals surface area contributed by atoms with Crippen LogP contribution < -0.4 is 5.56 Å². The molecule has 0 aliphatic heterocycles. The Kier molecular flexibility index (Phi) is 2.66. The second-order valence-corrected chi connectivity index (χ2v) is 3.68. The van der Waals surface area contributed by atoms with Gasteiger partial charge in [-0.1, -0.05) is 0 Å². The third-order valence-electron chi connectivity index (χ3n) is 2.46. The van der Waals surface area contributed by atoms with Gasteiger partial charge in [0.25, 0.3) is 11.3 Å². The van der Waals surface area contributed by atoms with Crippen molar-refractivity contribution in [1.82, 2.24) is 19.6 Å². The van der Waals surface area contributed by atoms with E-state index in [1.165, 1.54) is 11.6 Å². The molecule has 0 atom stereocenters. The largest absolute Gasteiger partial charge is 0.469 e. The molecule has 2 rings (SSSR count). The molecule has 0 amide bonds. The minimum Gasteiger partial charge on any atom is -0.469 e. The molecule has 0 saturated carbocycles. The van der Waals surface area contributed by atoms with Crippen LogP contribution in [0.25, 0.3) is 5.78 Å². The Balaban J connectivity index is 2.63. The van der Waals surface area contributed by atoms with Crippen molar-refractivity contribution in [3.63, 3.8) is 0 Å². The number of nitrogens with zero attached hydrogens (tertiary/aromatic N) is 3. The Bertz CT molecular complexity index is 641. The highest BCUT2D eigenvalue weighted by molar-refractivity contribution is 5.72. The molecule has 0 aromatic carbocycles. The average Bonchev–Trinajstić information content (AvgIpc) is 2.64. The minimum absolute atomic E-state index is 0.0881. The number of carbonyl (C=O) groups is 1. The molecule has 0 aliphatic carbocycles. The summed E-state index contributed by atoms with van der Waals surface area (Å²) in [6.07, 6.45) is -0.0881. The number of hydrogen-bond donors (Lipinski definition) is 1. The van der Waals surface area contributed by atoms with Gasteiger partial charge < -0.3 is 4.74 Å². The van der Waals surface area contributed by atoms with Gasteiger partial charge in [-0.3, -0.25) is 14.7 Å². The van der Waals surface area contributed by atoms with Crippen molar-refractivity contribution in [2.45, 2.75) is 20.3 Å². The van der Waals surface area contributed by atoms with Crippen molar-refractivity contribution in [3.8, 4) is 0 Å². The second-order valence-electron chi connectivity index (χ2n) is 3.68. The summed E-state index contributed by atoms with van der Waals surface area (Å²) >= 11 is 0. The molecular weight excluding hydrogens is 224 g/mol. The van der Waals surface area contributed by atoms with Crippen LogP contribution in [0.3, 0.4) is 0 Å². The Morgan fingerprint density at radius 1 is 1.41 bits per heavy atom. The lowest BCUT2D eigenvalue weighted by atomic mass is 10.2. The van der Waals surface area contributed by atoms with E-state index >= 15 is 0 Å². The van der Waals surface area contributed by atoms with E-state index in [1.54, 1.807) is 13.8 Å². The van der Waals surface area contributed by atoms with Crippen molar-refractivity contribution >= 4 is 11.7 Å². The highest BCUT2D eigenvalue weighted by Crippen LogP contribution is 2.03. The molecule has 0 radical (unpaired) electrons. The van der Waals surface area contributed by atoms with Gasteiger partial charge in [-0.25, -0.2) is 4.98 Å². The standard InChI is InChI=1S/C10H12N4O3/c1-5-7(4-8(15)17-3)9(16)14-10(11-5)12-6(2)13-14/h4H2,1-3H3,(H,11,12,13).